The van der Waals surface area contributed by atoms with E-state index < -0.39 is 0 Å². The summed E-state index contributed by atoms with van der Waals surface area (Å²) >= 11 is 4.98. The molecule has 0 bridgehead atoms. The fourth-order valence-electron chi connectivity index (χ4n) is 1.53. The van der Waals surface area contributed by atoms with Crippen molar-refractivity contribution in [3.8, 4) is 11.3 Å². The van der Waals surface area contributed by atoms with Gasteiger partial charge in [-0.2, -0.15) is 0 Å². The molecule has 0 spiro atoms. The van der Waals surface area contributed by atoms with E-state index in [1.54, 1.807) is 14.0 Å². The zero-order chi connectivity index (χ0) is 11.7. The Morgan fingerprint density at radius 1 is 1.25 bits per heavy atom. The Balaban J connectivity index is 2.78. The molecular weight excluding hydrogens is 222 g/mol. The van der Waals surface area contributed by atoms with Crippen molar-refractivity contribution in [3.05, 3.63) is 51.1 Å². The van der Waals surface area contributed by atoms with Crippen molar-refractivity contribution in [2.75, 3.05) is 0 Å². The molecule has 0 aliphatic carbocycles. The number of aromatic nitrogens is 1. The first-order valence-electron chi connectivity index (χ1n) is 4.87. The Bertz CT molecular complexity index is 626. The van der Waals surface area contributed by atoms with Crippen LogP contribution in [0.3, 0.4) is 0 Å². The van der Waals surface area contributed by atoms with Crippen LogP contribution in [-0.4, -0.2) is 4.57 Å². The summed E-state index contributed by atoms with van der Waals surface area (Å²) < 4.78 is 6.81. The molecule has 2 aromatic rings. The van der Waals surface area contributed by atoms with E-state index >= 15 is 0 Å². The Morgan fingerprint density at radius 3 is 2.50 bits per heavy atom. The van der Waals surface area contributed by atoms with Crippen LogP contribution >= 0.6 is 12.2 Å². The van der Waals surface area contributed by atoms with Crippen LogP contribution in [0.15, 0.2) is 39.5 Å². The number of rotatable bonds is 1. The molecule has 1 heterocycles. The standard InChI is InChI=1S/C12H11NO2S/c1-8-10(9-6-4-3-5-7-9)15-12(16)13(2)11(8)14/h3-7H,1-2H3. The van der Waals surface area contributed by atoms with E-state index in [0.717, 1.165) is 5.56 Å². The Labute approximate surface area is 98.0 Å². The molecule has 1 aromatic carbocycles. The van der Waals surface area contributed by atoms with Gasteiger partial charge in [-0.1, -0.05) is 30.3 Å². The quantitative estimate of drug-likeness (QED) is 0.710. The lowest BCUT2D eigenvalue weighted by Crippen LogP contribution is -2.20. The van der Waals surface area contributed by atoms with Crippen molar-refractivity contribution in [2.24, 2.45) is 7.05 Å². The van der Waals surface area contributed by atoms with Crippen LogP contribution in [0.1, 0.15) is 5.56 Å². The maximum atomic E-state index is 11.8. The maximum Gasteiger partial charge on any atom is 0.271 e. The smallest absolute Gasteiger partial charge is 0.271 e. The highest BCUT2D eigenvalue weighted by Crippen LogP contribution is 2.20. The molecule has 0 unspecified atom stereocenters. The molecule has 3 nitrogen and oxygen atoms in total. The Morgan fingerprint density at radius 2 is 1.88 bits per heavy atom. The molecule has 16 heavy (non-hydrogen) atoms. The van der Waals surface area contributed by atoms with Gasteiger partial charge in [0.1, 0.15) is 5.76 Å². The lowest BCUT2D eigenvalue weighted by molar-refractivity contribution is 0.478. The molecule has 2 rings (SSSR count). The highest BCUT2D eigenvalue weighted by Gasteiger charge is 2.10. The highest BCUT2D eigenvalue weighted by atomic mass is 32.1. The van der Waals surface area contributed by atoms with Gasteiger partial charge in [-0.25, -0.2) is 0 Å². The van der Waals surface area contributed by atoms with E-state index in [-0.39, 0.29) is 10.4 Å². The summed E-state index contributed by atoms with van der Waals surface area (Å²) in [6.07, 6.45) is 0. The average molecular weight is 233 g/mol. The molecule has 0 radical (unpaired) electrons. The van der Waals surface area contributed by atoms with Crippen molar-refractivity contribution in [1.29, 1.82) is 0 Å². The fraction of sp³-hybridized carbons (Fsp3) is 0.167. The van der Waals surface area contributed by atoms with Gasteiger partial charge in [-0.3, -0.25) is 9.36 Å². The second kappa shape index (κ2) is 4.06. The van der Waals surface area contributed by atoms with E-state index in [1.165, 1.54) is 4.57 Å². The first-order chi connectivity index (χ1) is 7.61. The molecule has 0 N–H and O–H groups in total. The molecule has 0 fully saturated rings. The van der Waals surface area contributed by atoms with E-state index in [4.69, 9.17) is 16.6 Å². The van der Waals surface area contributed by atoms with Gasteiger partial charge < -0.3 is 4.42 Å². The molecule has 0 saturated heterocycles. The summed E-state index contributed by atoms with van der Waals surface area (Å²) in [5.41, 5.74) is 1.32. The van der Waals surface area contributed by atoms with Gasteiger partial charge in [0.05, 0.1) is 5.56 Å². The highest BCUT2D eigenvalue weighted by molar-refractivity contribution is 7.71. The summed E-state index contributed by atoms with van der Waals surface area (Å²) in [5, 5.41) is 0. The van der Waals surface area contributed by atoms with E-state index in [0.29, 0.717) is 11.3 Å². The minimum absolute atomic E-state index is 0.116. The number of benzene rings is 1. The van der Waals surface area contributed by atoms with Crippen LogP contribution in [0.25, 0.3) is 11.3 Å². The third-order valence-corrected chi connectivity index (χ3v) is 2.82. The van der Waals surface area contributed by atoms with E-state index in [9.17, 15) is 4.79 Å². The summed E-state index contributed by atoms with van der Waals surface area (Å²) in [7, 11) is 1.61. The zero-order valence-electron chi connectivity index (χ0n) is 9.06. The molecule has 0 aliphatic rings. The van der Waals surface area contributed by atoms with Gasteiger partial charge in [-0.05, 0) is 19.1 Å². The maximum absolute atomic E-state index is 11.8. The molecule has 0 saturated carbocycles. The van der Waals surface area contributed by atoms with Gasteiger partial charge in [-0.15, -0.1) is 0 Å². The van der Waals surface area contributed by atoms with Crippen LogP contribution in [0.5, 0.6) is 0 Å². The summed E-state index contributed by atoms with van der Waals surface area (Å²) in [6, 6.07) is 9.48. The van der Waals surface area contributed by atoms with Crippen LogP contribution in [0.2, 0.25) is 0 Å². The molecule has 0 amide bonds. The van der Waals surface area contributed by atoms with E-state index in [2.05, 4.69) is 0 Å². The van der Waals surface area contributed by atoms with Crippen LogP contribution in [-0.2, 0) is 7.05 Å². The number of hydrogen-bond donors (Lipinski definition) is 0. The summed E-state index contributed by atoms with van der Waals surface area (Å²) in [6.45, 7) is 1.74. The van der Waals surface area contributed by atoms with Crippen molar-refractivity contribution < 1.29 is 4.42 Å². The molecule has 82 valence electrons. The fourth-order valence-corrected chi connectivity index (χ4v) is 1.70. The van der Waals surface area contributed by atoms with Gasteiger partial charge in [0, 0.05) is 12.6 Å². The molecular formula is C12H11NO2S. The topological polar surface area (TPSA) is 35.1 Å². The lowest BCUT2D eigenvalue weighted by atomic mass is 10.1. The zero-order valence-corrected chi connectivity index (χ0v) is 9.88. The monoisotopic (exact) mass is 233 g/mol. The Hall–Kier alpha value is -1.68. The first-order valence-corrected chi connectivity index (χ1v) is 5.28. The average Bonchev–Trinajstić information content (AvgIpc) is 2.32. The van der Waals surface area contributed by atoms with Crippen LogP contribution in [0.4, 0.5) is 0 Å². The van der Waals surface area contributed by atoms with Crippen LogP contribution in [0, 0.1) is 11.8 Å². The first kappa shape index (κ1) is 10.8. The van der Waals surface area contributed by atoms with Crippen LogP contribution < -0.4 is 5.56 Å². The lowest BCUT2D eigenvalue weighted by Gasteiger charge is -2.06. The molecule has 0 atom stereocenters. The SMILES string of the molecule is Cc1c(-c2ccccc2)oc(=S)n(C)c1=O. The molecule has 1 aromatic heterocycles. The van der Waals surface area contributed by atoms with Crippen molar-refractivity contribution in [2.45, 2.75) is 6.92 Å². The van der Waals surface area contributed by atoms with E-state index in [1.807, 2.05) is 30.3 Å². The van der Waals surface area contributed by atoms with Gasteiger partial charge in [0.2, 0.25) is 0 Å². The third-order valence-electron chi connectivity index (χ3n) is 2.47. The second-order valence-corrected chi connectivity index (χ2v) is 3.90. The predicted molar refractivity (Wildman–Crippen MR) is 65.0 cm³/mol. The number of nitrogens with zero attached hydrogens (tertiary/aromatic N) is 1. The number of hydrogen-bond acceptors (Lipinski definition) is 3. The summed E-state index contributed by atoms with van der Waals surface area (Å²) in [5.74, 6) is 0.550. The van der Waals surface area contributed by atoms with Gasteiger partial charge in [0.15, 0.2) is 0 Å². The van der Waals surface area contributed by atoms with Crippen molar-refractivity contribution in [3.63, 3.8) is 0 Å². The molecule has 0 aliphatic heterocycles. The van der Waals surface area contributed by atoms with Crippen molar-refractivity contribution in [1.82, 2.24) is 4.57 Å². The van der Waals surface area contributed by atoms with Gasteiger partial charge >= 0.3 is 0 Å². The summed E-state index contributed by atoms with van der Waals surface area (Å²) in [4.78, 5) is 12.0. The minimum Gasteiger partial charge on any atom is -0.430 e. The second-order valence-electron chi connectivity index (χ2n) is 3.55. The minimum atomic E-state index is -0.116. The molecule has 4 heteroatoms. The van der Waals surface area contributed by atoms with Gasteiger partial charge in [0.25, 0.3) is 10.4 Å². The predicted octanol–water partition coefficient (Wildman–Crippen LogP) is 2.68. The largest absolute Gasteiger partial charge is 0.430 e. The third kappa shape index (κ3) is 1.72. The van der Waals surface area contributed by atoms with Crippen molar-refractivity contribution >= 4 is 12.2 Å². The normalized spacial score (nSPS) is 10.4. The Kier molecular flexibility index (Phi) is 2.75.